The first-order chi connectivity index (χ1) is 12.0. The molecule has 0 saturated carbocycles. The third-order valence-electron chi connectivity index (χ3n) is 3.56. The van der Waals surface area contributed by atoms with Crippen molar-refractivity contribution in [3.63, 3.8) is 0 Å². The van der Waals surface area contributed by atoms with Gasteiger partial charge in [0.05, 0.1) is 18.5 Å². The van der Waals surface area contributed by atoms with E-state index in [1.807, 2.05) is 6.92 Å². The second-order valence-electron chi connectivity index (χ2n) is 5.81. The number of thioether (sulfide) groups is 1. The number of phosphoric ester groups is 1. The van der Waals surface area contributed by atoms with Crippen LogP contribution in [0.5, 0.6) is 0 Å². The van der Waals surface area contributed by atoms with Gasteiger partial charge in [0.1, 0.15) is 0 Å². The summed E-state index contributed by atoms with van der Waals surface area (Å²) >= 11 is 1.18. The molecule has 0 aliphatic carbocycles. The Balaban J connectivity index is 4.17. The van der Waals surface area contributed by atoms with Gasteiger partial charge in [-0.25, -0.2) is 4.57 Å². The van der Waals surface area contributed by atoms with Crippen molar-refractivity contribution in [2.75, 3.05) is 34.0 Å². The van der Waals surface area contributed by atoms with Gasteiger partial charge in [-0.1, -0.05) is 57.7 Å². The molecule has 0 aliphatic rings. The molecule has 0 amide bonds. The zero-order chi connectivity index (χ0) is 19.0. The maximum atomic E-state index is 12.0. The zero-order valence-corrected chi connectivity index (χ0v) is 17.9. The van der Waals surface area contributed by atoms with Crippen molar-refractivity contribution in [1.29, 1.82) is 0 Å². The number of carbonyl (C=O) groups is 1. The van der Waals surface area contributed by atoms with E-state index in [2.05, 4.69) is 6.92 Å². The highest BCUT2D eigenvalue weighted by molar-refractivity contribution is 8.14. The Labute approximate surface area is 157 Å². The summed E-state index contributed by atoms with van der Waals surface area (Å²) in [7, 11) is -0.999. The van der Waals surface area contributed by atoms with Gasteiger partial charge in [-0.05, 0) is 12.8 Å². The Morgan fingerprint density at radius 1 is 0.960 bits per heavy atom. The zero-order valence-electron chi connectivity index (χ0n) is 16.2. The molecule has 0 aromatic heterocycles. The number of hydrogen-bond acceptors (Lipinski definition) is 7. The predicted octanol–water partition coefficient (Wildman–Crippen LogP) is 5.21. The first-order valence-corrected chi connectivity index (χ1v) is 11.5. The molecule has 0 spiro atoms. The quantitative estimate of drug-likeness (QED) is 0.246. The van der Waals surface area contributed by atoms with Crippen LogP contribution in [0.1, 0.15) is 65.2 Å². The van der Waals surface area contributed by atoms with E-state index in [9.17, 15) is 9.36 Å². The maximum Gasteiger partial charge on any atom is 0.474 e. The summed E-state index contributed by atoms with van der Waals surface area (Å²) in [5.74, 6) is 0. The average Bonchev–Trinajstić information content (AvgIpc) is 2.61. The Hall–Kier alpha value is 0.0900. The van der Waals surface area contributed by atoms with Crippen molar-refractivity contribution >= 4 is 24.7 Å². The fraction of sp³-hybridized carbons (Fsp3) is 0.941. The molecule has 0 aliphatic heterocycles. The van der Waals surface area contributed by atoms with Crippen molar-refractivity contribution in [3.8, 4) is 0 Å². The minimum atomic E-state index is -3.53. The first kappa shape index (κ1) is 25.1. The SMILES string of the molecule is CCCCCCCCOC[C@H](COP(=O)(OC)OC)SC(=O)CCC. The minimum Gasteiger partial charge on any atom is -0.380 e. The number of hydrogen-bond donors (Lipinski definition) is 0. The van der Waals surface area contributed by atoms with Crippen molar-refractivity contribution in [1.82, 2.24) is 0 Å². The van der Waals surface area contributed by atoms with E-state index in [-0.39, 0.29) is 17.0 Å². The number of phosphoric acid groups is 1. The lowest BCUT2D eigenvalue weighted by molar-refractivity contribution is -0.111. The molecule has 8 heteroatoms. The first-order valence-electron chi connectivity index (χ1n) is 9.14. The molecule has 0 saturated heterocycles. The van der Waals surface area contributed by atoms with Crippen LogP contribution in [0.2, 0.25) is 0 Å². The van der Waals surface area contributed by atoms with Crippen LogP contribution in [-0.2, 0) is 27.7 Å². The topological polar surface area (TPSA) is 71.1 Å². The van der Waals surface area contributed by atoms with Gasteiger partial charge < -0.3 is 4.74 Å². The van der Waals surface area contributed by atoms with E-state index < -0.39 is 7.82 Å². The van der Waals surface area contributed by atoms with Crippen molar-refractivity contribution < 1.29 is 27.7 Å². The van der Waals surface area contributed by atoms with E-state index in [4.69, 9.17) is 18.3 Å². The van der Waals surface area contributed by atoms with Gasteiger partial charge >= 0.3 is 7.82 Å². The summed E-state index contributed by atoms with van der Waals surface area (Å²) in [5, 5.41) is -0.137. The number of rotatable bonds is 17. The predicted molar refractivity (Wildman–Crippen MR) is 103 cm³/mol. The van der Waals surface area contributed by atoms with E-state index in [1.54, 1.807) is 0 Å². The van der Waals surface area contributed by atoms with E-state index >= 15 is 0 Å². The van der Waals surface area contributed by atoms with Gasteiger partial charge in [0.25, 0.3) is 0 Å². The highest BCUT2D eigenvalue weighted by atomic mass is 32.2. The monoisotopic (exact) mass is 398 g/mol. The largest absolute Gasteiger partial charge is 0.474 e. The van der Waals surface area contributed by atoms with Gasteiger partial charge in [-0.2, -0.15) is 0 Å². The number of unbranched alkanes of at least 4 members (excludes halogenated alkanes) is 5. The summed E-state index contributed by atoms with van der Waals surface area (Å²) in [5.41, 5.74) is 0. The Morgan fingerprint density at radius 2 is 1.60 bits per heavy atom. The van der Waals surface area contributed by atoms with Gasteiger partial charge in [0.2, 0.25) is 0 Å². The molecule has 0 heterocycles. The molecule has 0 aromatic rings. The summed E-state index contributed by atoms with van der Waals surface area (Å²) in [6.07, 6.45) is 8.52. The second kappa shape index (κ2) is 16.3. The van der Waals surface area contributed by atoms with Crippen LogP contribution in [0.3, 0.4) is 0 Å². The lowest BCUT2D eigenvalue weighted by Gasteiger charge is -2.19. The van der Waals surface area contributed by atoms with Crippen LogP contribution in [-0.4, -0.2) is 44.4 Å². The lowest BCUT2D eigenvalue weighted by atomic mass is 10.1. The van der Waals surface area contributed by atoms with Gasteiger partial charge in [-0.15, -0.1) is 0 Å². The van der Waals surface area contributed by atoms with Crippen LogP contribution in [0.15, 0.2) is 0 Å². The van der Waals surface area contributed by atoms with E-state index in [0.717, 1.165) is 19.3 Å². The van der Waals surface area contributed by atoms with Crippen LogP contribution in [0.25, 0.3) is 0 Å². The molecule has 0 N–H and O–H groups in total. The van der Waals surface area contributed by atoms with E-state index in [0.29, 0.717) is 19.6 Å². The maximum absolute atomic E-state index is 12.0. The smallest absolute Gasteiger partial charge is 0.380 e. The fourth-order valence-electron chi connectivity index (χ4n) is 2.12. The average molecular weight is 399 g/mol. The molecule has 0 radical (unpaired) electrons. The van der Waals surface area contributed by atoms with Crippen LogP contribution in [0.4, 0.5) is 0 Å². The number of carbonyl (C=O) groups excluding carboxylic acids is 1. The third kappa shape index (κ3) is 13.9. The standard InChI is InChI=1S/C17H35O6PS/c1-5-7-8-9-10-11-13-22-14-16(25-17(18)12-6-2)15-23-24(19,20-3)21-4/h16H,5-15H2,1-4H3/t16-/m1/s1. The molecule has 0 fully saturated rings. The Morgan fingerprint density at radius 3 is 2.20 bits per heavy atom. The Bertz CT molecular complexity index is 372. The van der Waals surface area contributed by atoms with Crippen molar-refractivity contribution in [3.05, 3.63) is 0 Å². The summed E-state index contributed by atoms with van der Waals surface area (Å²) in [6, 6.07) is 0. The molecule has 25 heavy (non-hydrogen) atoms. The van der Waals surface area contributed by atoms with Crippen LogP contribution in [0, 0.1) is 0 Å². The third-order valence-corrected chi connectivity index (χ3v) is 6.00. The summed E-state index contributed by atoms with van der Waals surface area (Å²) < 4.78 is 32.4. The normalized spacial score (nSPS) is 13.1. The Kier molecular flexibility index (Phi) is 16.3. The number of ether oxygens (including phenoxy) is 1. The molecule has 1 atom stereocenters. The molecular formula is C17H35O6PS. The molecule has 0 aromatic carbocycles. The van der Waals surface area contributed by atoms with Gasteiger partial charge in [0, 0.05) is 27.2 Å². The minimum absolute atomic E-state index is 0.0789. The molecule has 0 rings (SSSR count). The second-order valence-corrected chi connectivity index (χ2v) is 9.05. The molecule has 0 unspecified atom stereocenters. The summed E-state index contributed by atoms with van der Waals surface area (Å²) in [6.45, 7) is 5.29. The van der Waals surface area contributed by atoms with Gasteiger partial charge in [0.15, 0.2) is 5.12 Å². The molecule has 6 nitrogen and oxygen atoms in total. The highest BCUT2D eigenvalue weighted by Crippen LogP contribution is 2.47. The summed E-state index contributed by atoms with van der Waals surface area (Å²) in [4.78, 5) is 11.9. The highest BCUT2D eigenvalue weighted by Gasteiger charge is 2.26. The fourth-order valence-corrected chi connectivity index (χ4v) is 3.94. The van der Waals surface area contributed by atoms with Crippen molar-refractivity contribution in [2.45, 2.75) is 70.5 Å². The molecule has 150 valence electrons. The van der Waals surface area contributed by atoms with Gasteiger partial charge in [-0.3, -0.25) is 18.4 Å². The van der Waals surface area contributed by atoms with Crippen molar-refractivity contribution in [2.24, 2.45) is 0 Å². The lowest BCUT2D eigenvalue weighted by Crippen LogP contribution is -2.21. The van der Waals surface area contributed by atoms with Crippen LogP contribution < -0.4 is 0 Å². The molecular weight excluding hydrogens is 363 g/mol. The van der Waals surface area contributed by atoms with E-state index in [1.165, 1.54) is 51.7 Å². The van der Waals surface area contributed by atoms with Crippen LogP contribution >= 0.6 is 19.6 Å². The molecule has 0 bridgehead atoms.